The average molecular weight is 342 g/mol. The molecule has 0 radical (unpaired) electrons. The Morgan fingerprint density at radius 3 is 2.50 bits per heavy atom. The van der Waals surface area contributed by atoms with Crippen LogP contribution in [0.5, 0.6) is 0 Å². The molecule has 4 aromatic rings. The minimum absolute atomic E-state index is 0.730. The van der Waals surface area contributed by atoms with E-state index in [1.807, 2.05) is 38.0 Å². The van der Waals surface area contributed by atoms with Crippen LogP contribution in [0.1, 0.15) is 24.7 Å². The summed E-state index contributed by atoms with van der Waals surface area (Å²) in [7, 11) is 1.91. The Morgan fingerprint density at radius 1 is 1.00 bits per heavy atom. The van der Waals surface area contributed by atoms with Crippen LogP contribution >= 0.6 is 11.3 Å². The summed E-state index contributed by atoms with van der Waals surface area (Å²) in [6, 6.07) is 0. The zero-order chi connectivity index (χ0) is 16.8. The molecule has 8 nitrogen and oxygen atoms in total. The van der Waals surface area contributed by atoms with Gasteiger partial charge in [0, 0.05) is 26.0 Å². The molecule has 4 aromatic heterocycles. The van der Waals surface area contributed by atoms with Crippen molar-refractivity contribution in [3.63, 3.8) is 0 Å². The minimum Gasteiger partial charge on any atom is -0.275 e. The Kier molecular flexibility index (Phi) is 3.45. The largest absolute Gasteiger partial charge is 0.275 e. The van der Waals surface area contributed by atoms with Crippen LogP contribution in [0.25, 0.3) is 26.9 Å². The topological polar surface area (TPSA) is 78.7 Å². The summed E-state index contributed by atoms with van der Waals surface area (Å²) in [4.78, 5) is 0.769. The highest BCUT2D eigenvalue weighted by atomic mass is 32.1. The second-order valence-corrected chi connectivity index (χ2v) is 6.77. The van der Waals surface area contributed by atoms with Gasteiger partial charge in [-0.05, 0) is 20.3 Å². The lowest BCUT2D eigenvalue weighted by Crippen LogP contribution is -1.96. The molecule has 0 amide bonds. The van der Waals surface area contributed by atoms with Crippen LogP contribution in [-0.4, -0.2) is 39.4 Å². The Balaban J connectivity index is 1.82. The standard InChI is InChI=1S/C15H18N8S/c1-5-6-22-8-11(9(2)19-22)13-16-17-15-23(13)20-14(24-15)12-7-21(4)18-10(12)3/h7-8H,5-6H2,1-4H3. The normalized spacial score (nSPS) is 11.7. The smallest absolute Gasteiger partial charge is 0.235 e. The predicted octanol–water partition coefficient (Wildman–Crippen LogP) is 2.48. The van der Waals surface area contributed by atoms with Gasteiger partial charge in [0.2, 0.25) is 4.96 Å². The van der Waals surface area contributed by atoms with Gasteiger partial charge in [0.15, 0.2) is 10.8 Å². The maximum Gasteiger partial charge on any atom is 0.235 e. The number of fused-ring (bicyclic) bond motifs is 1. The molecule has 0 saturated carbocycles. The van der Waals surface area contributed by atoms with Crippen LogP contribution in [0, 0.1) is 13.8 Å². The molecule has 9 heteroatoms. The van der Waals surface area contributed by atoms with Crippen molar-refractivity contribution in [2.75, 3.05) is 0 Å². The molecular formula is C15H18N8S. The first-order valence-electron chi connectivity index (χ1n) is 7.84. The molecule has 0 atom stereocenters. The van der Waals surface area contributed by atoms with Crippen molar-refractivity contribution in [2.24, 2.45) is 7.05 Å². The van der Waals surface area contributed by atoms with Gasteiger partial charge in [-0.3, -0.25) is 9.36 Å². The summed E-state index contributed by atoms with van der Waals surface area (Å²) < 4.78 is 5.55. The van der Waals surface area contributed by atoms with Gasteiger partial charge in [-0.15, -0.1) is 10.2 Å². The van der Waals surface area contributed by atoms with Crippen molar-refractivity contribution in [1.29, 1.82) is 0 Å². The molecule has 4 rings (SSSR count). The van der Waals surface area contributed by atoms with E-state index >= 15 is 0 Å². The van der Waals surface area contributed by atoms with E-state index in [9.17, 15) is 0 Å². The van der Waals surface area contributed by atoms with Gasteiger partial charge in [0.05, 0.1) is 22.5 Å². The van der Waals surface area contributed by atoms with Gasteiger partial charge in [0.1, 0.15) is 0 Å². The molecule has 0 aliphatic rings. The molecule has 0 bridgehead atoms. The first kappa shape index (κ1) is 15.0. The molecule has 124 valence electrons. The fourth-order valence-electron chi connectivity index (χ4n) is 2.78. The van der Waals surface area contributed by atoms with E-state index in [4.69, 9.17) is 5.10 Å². The molecule has 0 aliphatic carbocycles. The van der Waals surface area contributed by atoms with Gasteiger partial charge in [-0.2, -0.15) is 19.8 Å². The number of hydrogen-bond donors (Lipinski definition) is 0. The van der Waals surface area contributed by atoms with E-state index in [0.717, 1.165) is 51.3 Å². The molecule has 24 heavy (non-hydrogen) atoms. The third kappa shape index (κ3) is 2.32. The fourth-order valence-corrected chi connectivity index (χ4v) is 3.69. The van der Waals surface area contributed by atoms with Crippen molar-refractivity contribution in [3.05, 3.63) is 23.8 Å². The Hall–Kier alpha value is -2.55. The molecule has 0 unspecified atom stereocenters. The summed E-state index contributed by atoms with van der Waals surface area (Å²) in [6.07, 6.45) is 5.03. The van der Waals surface area contributed by atoms with E-state index in [0.29, 0.717) is 0 Å². The van der Waals surface area contributed by atoms with Crippen molar-refractivity contribution in [1.82, 2.24) is 39.4 Å². The molecule has 0 N–H and O–H groups in total. The molecule has 0 aliphatic heterocycles. The van der Waals surface area contributed by atoms with Crippen LogP contribution in [0.3, 0.4) is 0 Å². The molecule has 0 aromatic carbocycles. The van der Waals surface area contributed by atoms with E-state index in [2.05, 4.69) is 27.3 Å². The maximum absolute atomic E-state index is 4.71. The van der Waals surface area contributed by atoms with Crippen LogP contribution in [0.15, 0.2) is 12.4 Å². The number of nitrogens with zero attached hydrogens (tertiary/aromatic N) is 8. The monoisotopic (exact) mass is 342 g/mol. The highest BCUT2D eigenvalue weighted by Crippen LogP contribution is 2.30. The van der Waals surface area contributed by atoms with Gasteiger partial charge < -0.3 is 0 Å². The van der Waals surface area contributed by atoms with Gasteiger partial charge >= 0.3 is 0 Å². The zero-order valence-electron chi connectivity index (χ0n) is 14.1. The van der Waals surface area contributed by atoms with Gasteiger partial charge in [-0.25, -0.2) is 0 Å². The van der Waals surface area contributed by atoms with E-state index in [-0.39, 0.29) is 0 Å². The van der Waals surface area contributed by atoms with Crippen LogP contribution in [0.4, 0.5) is 0 Å². The third-order valence-electron chi connectivity index (χ3n) is 3.87. The van der Waals surface area contributed by atoms with E-state index in [1.165, 1.54) is 11.3 Å². The Morgan fingerprint density at radius 2 is 1.79 bits per heavy atom. The molecule has 0 fully saturated rings. The minimum atomic E-state index is 0.730. The second-order valence-electron chi connectivity index (χ2n) is 5.82. The highest BCUT2D eigenvalue weighted by molar-refractivity contribution is 7.19. The first-order chi connectivity index (χ1) is 11.6. The molecule has 4 heterocycles. The van der Waals surface area contributed by atoms with E-state index in [1.54, 1.807) is 9.20 Å². The highest BCUT2D eigenvalue weighted by Gasteiger charge is 2.19. The number of aryl methyl sites for hydroxylation is 4. The quantitative estimate of drug-likeness (QED) is 0.569. The predicted molar refractivity (Wildman–Crippen MR) is 91.8 cm³/mol. The van der Waals surface area contributed by atoms with Crippen molar-refractivity contribution < 1.29 is 0 Å². The molecule has 0 saturated heterocycles. The second kappa shape index (κ2) is 5.52. The number of hydrogen-bond acceptors (Lipinski definition) is 6. The maximum atomic E-state index is 4.71. The average Bonchev–Trinajstić information content (AvgIpc) is 3.24. The molecule has 0 spiro atoms. The lowest BCUT2D eigenvalue weighted by atomic mass is 10.2. The lowest BCUT2D eigenvalue weighted by molar-refractivity contribution is 0.598. The van der Waals surface area contributed by atoms with Gasteiger partial charge in [0.25, 0.3) is 0 Å². The Labute approximate surface area is 142 Å². The van der Waals surface area contributed by atoms with Crippen LogP contribution < -0.4 is 0 Å². The summed E-state index contributed by atoms with van der Waals surface area (Å²) in [5.41, 5.74) is 3.88. The summed E-state index contributed by atoms with van der Waals surface area (Å²) in [6.45, 7) is 6.99. The van der Waals surface area contributed by atoms with Crippen LogP contribution in [0.2, 0.25) is 0 Å². The SMILES string of the molecule is CCCn1cc(-c2nnc3sc(-c4cn(C)nc4C)nn23)c(C)n1. The van der Waals surface area contributed by atoms with E-state index < -0.39 is 0 Å². The third-order valence-corrected chi connectivity index (χ3v) is 4.81. The summed E-state index contributed by atoms with van der Waals surface area (Å²) in [5, 5.41) is 23.1. The summed E-state index contributed by atoms with van der Waals surface area (Å²) in [5.74, 6) is 0.730. The first-order valence-corrected chi connectivity index (χ1v) is 8.65. The summed E-state index contributed by atoms with van der Waals surface area (Å²) >= 11 is 1.51. The van der Waals surface area contributed by atoms with Crippen molar-refractivity contribution in [2.45, 2.75) is 33.7 Å². The number of rotatable bonds is 4. The van der Waals surface area contributed by atoms with Crippen LogP contribution in [-0.2, 0) is 13.6 Å². The van der Waals surface area contributed by atoms with Crippen molar-refractivity contribution >= 4 is 16.3 Å². The zero-order valence-corrected chi connectivity index (χ0v) is 14.9. The van der Waals surface area contributed by atoms with Gasteiger partial charge in [-0.1, -0.05) is 18.3 Å². The number of aromatic nitrogens is 8. The van der Waals surface area contributed by atoms with Crippen molar-refractivity contribution in [3.8, 4) is 22.0 Å². The Bertz CT molecular complexity index is 1020. The molecular weight excluding hydrogens is 324 g/mol. The lowest BCUT2D eigenvalue weighted by Gasteiger charge is -1.95. The fraction of sp³-hybridized carbons (Fsp3) is 0.400.